The van der Waals surface area contributed by atoms with Crippen molar-refractivity contribution in [2.75, 3.05) is 17.2 Å². The van der Waals surface area contributed by atoms with E-state index in [1.54, 1.807) is 0 Å². The van der Waals surface area contributed by atoms with Crippen LogP contribution < -0.4 is 16.0 Å². The molecule has 0 spiro atoms. The molecule has 0 bridgehead atoms. The first-order valence-electron chi connectivity index (χ1n) is 12.1. The van der Waals surface area contributed by atoms with Crippen molar-refractivity contribution in [1.29, 1.82) is 0 Å². The van der Waals surface area contributed by atoms with Gasteiger partial charge < -0.3 is 20.5 Å². The first-order chi connectivity index (χ1) is 16.2. The molecule has 2 heterocycles. The van der Waals surface area contributed by atoms with Crippen molar-refractivity contribution in [2.24, 2.45) is 5.92 Å². The fourth-order valence-electron chi connectivity index (χ4n) is 4.44. The van der Waals surface area contributed by atoms with Crippen molar-refractivity contribution in [1.82, 2.24) is 19.9 Å². The number of nitrogens with one attached hydrogen (secondary N) is 3. The Balaban J connectivity index is 1.53. The highest BCUT2D eigenvalue weighted by Gasteiger charge is 2.25. The summed E-state index contributed by atoms with van der Waals surface area (Å²) in [5, 5.41) is 9.78. The Labute approximate surface area is 196 Å². The summed E-state index contributed by atoms with van der Waals surface area (Å²) in [6.45, 7) is 3.25. The van der Waals surface area contributed by atoms with Crippen LogP contribution in [0.3, 0.4) is 0 Å². The van der Waals surface area contributed by atoms with Gasteiger partial charge >= 0.3 is 0 Å². The number of carbonyl (C=O) groups excluding carboxylic acids is 1. The van der Waals surface area contributed by atoms with Crippen LogP contribution in [0, 0.1) is 5.92 Å². The topological polar surface area (TPSA) is 83.9 Å². The van der Waals surface area contributed by atoms with Gasteiger partial charge in [-0.25, -0.2) is 0 Å². The van der Waals surface area contributed by atoms with Gasteiger partial charge in [0, 0.05) is 31.5 Å². The lowest BCUT2D eigenvalue weighted by molar-refractivity contribution is -0.122. The third-order valence-corrected chi connectivity index (χ3v) is 6.16. The number of hydrogen-bond acceptors (Lipinski definition) is 5. The van der Waals surface area contributed by atoms with Crippen molar-refractivity contribution < 1.29 is 4.79 Å². The highest BCUT2D eigenvalue weighted by molar-refractivity contribution is 5.84. The van der Waals surface area contributed by atoms with E-state index in [-0.39, 0.29) is 11.9 Å². The molecule has 1 aliphatic carbocycles. The lowest BCUT2D eigenvalue weighted by Crippen LogP contribution is -2.41. The molecule has 0 radical (unpaired) electrons. The van der Waals surface area contributed by atoms with E-state index in [1.165, 1.54) is 32.1 Å². The third kappa shape index (κ3) is 6.57. The van der Waals surface area contributed by atoms with E-state index < -0.39 is 0 Å². The van der Waals surface area contributed by atoms with Crippen molar-refractivity contribution in [3.8, 4) is 5.82 Å². The molecule has 1 fully saturated rings. The van der Waals surface area contributed by atoms with Gasteiger partial charge in [-0.05, 0) is 37.0 Å². The Kier molecular flexibility index (Phi) is 7.95. The molecule has 1 aliphatic rings. The van der Waals surface area contributed by atoms with E-state index in [4.69, 9.17) is 0 Å². The Morgan fingerprint density at radius 3 is 2.55 bits per heavy atom. The molecule has 3 aromatic rings. The normalized spacial score (nSPS) is 15.1. The molecule has 7 heteroatoms. The van der Waals surface area contributed by atoms with E-state index >= 15 is 0 Å². The molecule has 33 heavy (non-hydrogen) atoms. The molecule has 2 aromatic heterocycles. The van der Waals surface area contributed by atoms with Gasteiger partial charge in [0.1, 0.15) is 17.7 Å². The van der Waals surface area contributed by atoms with Crippen molar-refractivity contribution in [3.05, 3.63) is 66.5 Å². The van der Waals surface area contributed by atoms with E-state index in [9.17, 15) is 4.79 Å². The lowest BCUT2D eigenvalue weighted by Gasteiger charge is -2.27. The minimum absolute atomic E-state index is 0.00977. The third-order valence-electron chi connectivity index (χ3n) is 6.16. The zero-order chi connectivity index (χ0) is 22.9. The van der Waals surface area contributed by atoms with Gasteiger partial charge in [-0.15, -0.1) is 0 Å². The van der Waals surface area contributed by atoms with Gasteiger partial charge in [-0.2, -0.15) is 9.97 Å². The maximum Gasteiger partial charge on any atom is 0.242 e. The van der Waals surface area contributed by atoms with E-state index in [0.717, 1.165) is 24.3 Å². The largest absolute Gasteiger partial charge is 0.358 e. The minimum atomic E-state index is -0.348. The number of carbonyl (C=O) groups is 1. The summed E-state index contributed by atoms with van der Waals surface area (Å²) in [5.74, 6) is 2.52. The number of amides is 1. The molecule has 1 atom stereocenters. The Bertz CT molecular complexity index is 999. The first kappa shape index (κ1) is 22.8. The fourth-order valence-corrected chi connectivity index (χ4v) is 4.44. The quantitative estimate of drug-likeness (QED) is 0.418. The highest BCUT2D eigenvalue weighted by Crippen LogP contribution is 2.28. The van der Waals surface area contributed by atoms with E-state index in [2.05, 4.69) is 25.9 Å². The standard InChI is InChI=1S/C26H34N6O/c1-2-27-26-30-23(18-24(31-26)32-15-9-10-16-32)29-22(17-20-11-5-3-6-12-20)25(33)28-19-21-13-7-4-8-14-21/h4,7-10,13-16,18,20,22H,2-3,5-6,11-12,17,19H2,1H3,(H,28,33)(H2,27,29,30,31). The van der Waals surface area contributed by atoms with Gasteiger partial charge in [0.05, 0.1) is 0 Å². The first-order valence-corrected chi connectivity index (χ1v) is 12.1. The van der Waals surface area contributed by atoms with Gasteiger partial charge in [-0.3, -0.25) is 4.79 Å². The van der Waals surface area contributed by atoms with Crippen molar-refractivity contribution in [2.45, 2.75) is 58.0 Å². The van der Waals surface area contributed by atoms with Gasteiger partial charge in [0.2, 0.25) is 11.9 Å². The number of benzene rings is 1. The Morgan fingerprint density at radius 2 is 1.82 bits per heavy atom. The zero-order valence-corrected chi connectivity index (χ0v) is 19.3. The molecular weight excluding hydrogens is 412 g/mol. The average molecular weight is 447 g/mol. The summed E-state index contributed by atoms with van der Waals surface area (Å²) >= 11 is 0. The van der Waals surface area contributed by atoms with Crippen LogP contribution in [-0.2, 0) is 11.3 Å². The monoisotopic (exact) mass is 446 g/mol. The Morgan fingerprint density at radius 1 is 1.06 bits per heavy atom. The van der Waals surface area contributed by atoms with Crippen LogP contribution in [0.25, 0.3) is 5.82 Å². The smallest absolute Gasteiger partial charge is 0.242 e. The molecular formula is C26H34N6O. The number of aromatic nitrogens is 3. The lowest BCUT2D eigenvalue weighted by atomic mass is 9.84. The second-order valence-corrected chi connectivity index (χ2v) is 8.70. The molecule has 3 N–H and O–H groups in total. The highest BCUT2D eigenvalue weighted by atomic mass is 16.2. The maximum absolute atomic E-state index is 13.3. The summed E-state index contributed by atoms with van der Waals surface area (Å²) in [5.41, 5.74) is 1.09. The summed E-state index contributed by atoms with van der Waals surface area (Å²) in [6.07, 6.45) is 10.9. The average Bonchev–Trinajstić information content (AvgIpc) is 3.39. The summed E-state index contributed by atoms with van der Waals surface area (Å²) in [6, 6.07) is 15.5. The van der Waals surface area contributed by atoms with Crippen LogP contribution in [-0.4, -0.2) is 33.0 Å². The van der Waals surface area contributed by atoms with Crippen LogP contribution in [0.5, 0.6) is 0 Å². The SMILES string of the molecule is CCNc1nc(NC(CC2CCCCC2)C(=O)NCc2ccccc2)cc(-n2cccc2)n1. The zero-order valence-electron chi connectivity index (χ0n) is 19.3. The van der Waals surface area contributed by atoms with Crippen LogP contribution in [0.2, 0.25) is 0 Å². The molecule has 4 rings (SSSR count). The predicted molar refractivity (Wildman–Crippen MR) is 132 cm³/mol. The number of rotatable bonds is 10. The molecule has 1 amide bonds. The van der Waals surface area contributed by atoms with Crippen LogP contribution in [0.1, 0.15) is 51.0 Å². The second kappa shape index (κ2) is 11.5. The van der Waals surface area contributed by atoms with E-state index in [0.29, 0.717) is 24.2 Å². The molecule has 0 aliphatic heterocycles. The van der Waals surface area contributed by atoms with Crippen molar-refractivity contribution >= 4 is 17.7 Å². The van der Waals surface area contributed by atoms with Crippen LogP contribution in [0.15, 0.2) is 60.9 Å². The second-order valence-electron chi connectivity index (χ2n) is 8.70. The number of anilines is 2. The minimum Gasteiger partial charge on any atom is -0.358 e. The summed E-state index contributed by atoms with van der Waals surface area (Å²) in [7, 11) is 0. The van der Waals surface area contributed by atoms with Crippen molar-refractivity contribution in [3.63, 3.8) is 0 Å². The van der Waals surface area contributed by atoms with Gasteiger partial charge in [0.25, 0.3) is 0 Å². The van der Waals surface area contributed by atoms with Gasteiger partial charge in [-0.1, -0.05) is 62.4 Å². The molecule has 1 unspecified atom stereocenters. The molecule has 1 aromatic carbocycles. The molecule has 1 saturated carbocycles. The summed E-state index contributed by atoms with van der Waals surface area (Å²) in [4.78, 5) is 22.5. The maximum atomic E-state index is 13.3. The molecule has 174 valence electrons. The summed E-state index contributed by atoms with van der Waals surface area (Å²) < 4.78 is 1.94. The molecule has 0 saturated heterocycles. The van der Waals surface area contributed by atoms with Crippen LogP contribution in [0.4, 0.5) is 11.8 Å². The van der Waals surface area contributed by atoms with Crippen LogP contribution >= 0.6 is 0 Å². The number of nitrogens with zero attached hydrogens (tertiary/aromatic N) is 3. The molecule has 7 nitrogen and oxygen atoms in total. The van der Waals surface area contributed by atoms with E-state index in [1.807, 2.05) is 72.4 Å². The van der Waals surface area contributed by atoms with Gasteiger partial charge in [0.15, 0.2) is 0 Å². The Hall–Kier alpha value is -3.35. The predicted octanol–water partition coefficient (Wildman–Crippen LogP) is 4.77. The fraction of sp³-hybridized carbons (Fsp3) is 0.423. The number of hydrogen-bond donors (Lipinski definition) is 3.